The van der Waals surface area contributed by atoms with E-state index in [1.165, 1.54) is 0 Å². The maximum Gasteiger partial charge on any atom is 0.293 e. The molecule has 2 aromatic carbocycles. The number of hydrogen-bond acceptors (Lipinski definition) is 6. The minimum atomic E-state index is -0.875. The predicted octanol–water partition coefficient (Wildman–Crippen LogP) is 3.16. The first kappa shape index (κ1) is 19.9. The number of hydrogen-bond donors (Lipinski definition) is 1. The zero-order chi connectivity index (χ0) is 21.3. The van der Waals surface area contributed by atoms with Gasteiger partial charge in [0.1, 0.15) is 11.6 Å². The molecule has 0 unspecified atom stereocenters. The van der Waals surface area contributed by atoms with Gasteiger partial charge in [0.2, 0.25) is 6.79 Å². The van der Waals surface area contributed by atoms with E-state index in [1.807, 2.05) is 0 Å². The van der Waals surface area contributed by atoms with E-state index < -0.39 is 28.7 Å². The van der Waals surface area contributed by atoms with Crippen LogP contribution in [0.1, 0.15) is 15.9 Å². The zero-order valence-corrected chi connectivity index (χ0v) is 16.1. The van der Waals surface area contributed by atoms with Gasteiger partial charge in [-0.3, -0.25) is 19.3 Å². The molecule has 10 heteroatoms. The van der Waals surface area contributed by atoms with Gasteiger partial charge in [-0.2, -0.15) is 0 Å². The van der Waals surface area contributed by atoms with Gasteiger partial charge in [-0.15, -0.1) is 0 Å². The van der Waals surface area contributed by atoms with Crippen molar-refractivity contribution in [2.75, 3.05) is 19.9 Å². The lowest BCUT2D eigenvalue weighted by molar-refractivity contribution is -0.122. The highest BCUT2D eigenvalue weighted by Crippen LogP contribution is 2.36. The number of amides is 3. The number of carbonyl (C=O) groups is 3. The average Bonchev–Trinajstić information content (AvgIpc) is 3.26. The molecule has 0 atom stereocenters. The summed E-state index contributed by atoms with van der Waals surface area (Å²) in [4.78, 5) is 38.0. The van der Waals surface area contributed by atoms with Crippen LogP contribution in [0.5, 0.6) is 11.5 Å². The van der Waals surface area contributed by atoms with Gasteiger partial charge >= 0.3 is 0 Å². The third-order valence-electron chi connectivity index (χ3n) is 4.31. The second-order valence-electron chi connectivity index (χ2n) is 6.36. The number of nitrogens with zero attached hydrogens (tertiary/aromatic N) is 1. The van der Waals surface area contributed by atoms with Gasteiger partial charge in [-0.25, -0.2) is 8.78 Å². The number of ether oxygens (including phenoxy) is 2. The largest absolute Gasteiger partial charge is 0.454 e. The fourth-order valence-corrected chi connectivity index (χ4v) is 3.78. The third-order valence-corrected chi connectivity index (χ3v) is 5.22. The van der Waals surface area contributed by atoms with Crippen LogP contribution < -0.4 is 14.8 Å². The van der Waals surface area contributed by atoms with Crippen molar-refractivity contribution in [1.82, 2.24) is 10.2 Å². The van der Waals surface area contributed by atoms with Gasteiger partial charge in [0, 0.05) is 24.7 Å². The molecule has 2 heterocycles. The molecular formula is C20H14F2N2O5S. The maximum absolute atomic E-state index is 13.2. The molecule has 0 aliphatic carbocycles. The van der Waals surface area contributed by atoms with Crippen LogP contribution in [0.25, 0.3) is 6.08 Å². The molecule has 2 aliphatic heterocycles. The molecule has 0 aromatic heterocycles. The smallest absolute Gasteiger partial charge is 0.293 e. The Morgan fingerprint density at radius 3 is 2.60 bits per heavy atom. The van der Waals surface area contributed by atoms with Crippen molar-refractivity contribution in [3.05, 3.63) is 64.1 Å². The molecule has 4 rings (SSSR count). The number of fused-ring (bicyclic) bond motifs is 1. The highest BCUT2D eigenvalue weighted by molar-refractivity contribution is 8.18. The Morgan fingerprint density at radius 1 is 1.10 bits per heavy atom. The number of benzene rings is 2. The highest BCUT2D eigenvalue weighted by atomic mass is 32.2. The molecule has 0 saturated carbocycles. The van der Waals surface area contributed by atoms with Crippen LogP contribution in [-0.4, -0.2) is 41.8 Å². The predicted molar refractivity (Wildman–Crippen MR) is 104 cm³/mol. The lowest BCUT2D eigenvalue weighted by Crippen LogP contribution is -2.37. The molecule has 0 spiro atoms. The molecule has 7 nitrogen and oxygen atoms in total. The van der Waals surface area contributed by atoms with Crippen molar-refractivity contribution in [2.45, 2.75) is 0 Å². The summed E-state index contributed by atoms with van der Waals surface area (Å²) in [6, 6.07) is 7.60. The Hall–Kier alpha value is -3.40. The van der Waals surface area contributed by atoms with E-state index in [1.54, 1.807) is 24.3 Å². The van der Waals surface area contributed by atoms with Crippen LogP contribution >= 0.6 is 11.8 Å². The molecule has 1 N–H and O–H groups in total. The molecule has 0 radical (unpaired) electrons. The minimum Gasteiger partial charge on any atom is -0.454 e. The molecule has 1 fully saturated rings. The van der Waals surface area contributed by atoms with Crippen molar-refractivity contribution in [3.63, 3.8) is 0 Å². The molecule has 154 valence electrons. The van der Waals surface area contributed by atoms with Crippen LogP contribution in [-0.2, 0) is 4.79 Å². The number of imide groups is 1. The van der Waals surface area contributed by atoms with Gasteiger partial charge in [-0.1, -0.05) is 6.07 Å². The van der Waals surface area contributed by atoms with E-state index in [4.69, 9.17) is 9.47 Å². The Balaban J connectivity index is 1.38. The molecule has 2 aliphatic rings. The highest BCUT2D eigenvalue weighted by Gasteiger charge is 2.34. The third kappa shape index (κ3) is 4.13. The van der Waals surface area contributed by atoms with E-state index in [0.29, 0.717) is 23.1 Å². The Kier molecular flexibility index (Phi) is 5.40. The topological polar surface area (TPSA) is 84.9 Å². The molecule has 3 amide bonds. The Bertz CT molecular complexity index is 1070. The fourth-order valence-electron chi connectivity index (χ4n) is 2.92. The second-order valence-corrected chi connectivity index (χ2v) is 7.35. The molecule has 1 saturated heterocycles. The normalized spacial score (nSPS) is 16.5. The molecular weight excluding hydrogens is 418 g/mol. The number of thioether (sulfide) groups is 1. The summed E-state index contributed by atoms with van der Waals surface area (Å²) in [5.41, 5.74) is 0.482. The summed E-state index contributed by atoms with van der Waals surface area (Å²) < 4.78 is 37.0. The summed E-state index contributed by atoms with van der Waals surface area (Å²) >= 11 is 0.784. The van der Waals surface area contributed by atoms with Gasteiger partial charge in [-0.05, 0) is 47.7 Å². The monoisotopic (exact) mass is 432 g/mol. The number of carbonyl (C=O) groups excluding carboxylic acids is 3. The SMILES string of the molecule is O=C(NCCN1C(=O)S/C(=C\c2ccc3c(c2)OCO3)C1=O)c1cc(F)cc(F)c1. The zero-order valence-electron chi connectivity index (χ0n) is 15.3. The fraction of sp³-hybridized carbons (Fsp3) is 0.150. The van der Waals surface area contributed by atoms with Crippen molar-refractivity contribution in [2.24, 2.45) is 0 Å². The Labute approximate surface area is 173 Å². The van der Waals surface area contributed by atoms with Crippen LogP contribution in [0.2, 0.25) is 0 Å². The standard InChI is InChI=1S/C20H14F2N2O5S/c21-13-7-12(8-14(22)9-13)18(25)23-3-4-24-19(26)17(30-20(24)27)6-11-1-2-15-16(5-11)29-10-28-15/h1-2,5-9H,3-4,10H2,(H,23,25)/b17-6-. The van der Waals surface area contributed by atoms with Gasteiger partial charge < -0.3 is 14.8 Å². The summed E-state index contributed by atoms with van der Waals surface area (Å²) in [6.45, 7) is -0.0116. The van der Waals surface area contributed by atoms with Crippen LogP contribution in [0.4, 0.5) is 13.6 Å². The van der Waals surface area contributed by atoms with E-state index in [0.717, 1.165) is 28.8 Å². The van der Waals surface area contributed by atoms with Gasteiger partial charge in [0.15, 0.2) is 11.5 Å². The van der Waals surface area contributed by atoms with Gasteiger partial charge in [0.25, 0.3) is 17.1 Å². The quantitative estimate of drug-likeness (QED) is 0.731. The minimum absolute atomic E-state index is 0.0632. The Morgan fingerprint density at radius 2 is 1.83 bits per heavy atom. The molecule has 30 heavy (non-hydrogen) atoms. The van der Waals surface area contributed by atoms with E-state index in [-0.39, 0.29) is 30.4 Å². The summed E-state index contributed by atoms with van der Waals surface area (Å²) in [5, 5.41) is 1.96. The first-order valence-corrected chi connectivity index (χ1v) is 9.62. The maximum atomic E-state index is 13.2. The lowest BCUT2D eigenvalue weighted by atomic mass is 10.2. The van der Waals surface area contributed by atoms with Crippen molar-refractivity contribution >= 4 is 34.9 Å². The summed E-state index contributed by atoms with van der Waals surface area (Å²) in [7, 11) is 0. The molecule has 0 bridgehead atoms. The summed E-state index contributed by atoms with van der Waals surface area (Å²) in [6.07, 6.45) is 1.57. The van der Waals surface area contributed by atoms with E-state index in [9.17, 15) is 23.2 Å². The lowest BCUT2D eigenvalue weighted by Gasteiger charge is -2.13. The summed E-state index contributed by atoms with van der Waals surface area (Å²) in [5.74, 6) is -1.79. The second kappa shape index (κ2) is 8.15. The van der Waals surface area contributed by atoms with Crippen molar-refractivity contribution in [1.29, 1.82) is 0 Å². The first-order chi connectivity index (χ1) is 14.4. The number of rotatable bonds is 5. The van der Waals surface area contributed by atoms with Crippen LogP contribution in [0.15, 0.2) is 41.3 Å². The molecule has 2 aromatic rings. The van der Waals surface area contributed by atoms with E-state index in [2.05, 4.69) is 5.32 Å². The average molecular weight is 432 g/mol. The van der Waals surface area contributed by atoms with Crippen molar-refractivity contribution in [3.8, 4) is 11.5 Å². The van der Waals surface area contributed by atoms with Crippen LogP contribution in [0, 0.1) is 11.6 Å². The van der Waals surface area contributed by atoms with Gasteiger partial charge in [0.05, 0.1) is 4.91 Å². The number of halogens is 2. The first-order valence-electron chi connectivity index (χ1n) is 8.80. The van der Waals surface area contributed by atoms with E-state index >= 15 is 0 Å². The van der Waals surface area contributed by atoms with Crippen LogP contribution in [0.3, 0.4) is 0 Å². The van der Waals surface area contributed by atoms with Crippen molar-refractivity contribution < 1.29 is 32.6 Å². The number of nitrogens with one attached hydrogen (secondary N) is 1.